The molecule has 2 rings (SSSR count). The third kappa shape index (κ3) is 2.83. The average molecular weight is 270 g/mol. The number of carbonyl (C=O) groups excluding carboxylic acids is 1. The van der Waals surface area contributed by atoms with Crippen LogP contribution in [0.1, 0.15) is 35.8 Å². The van der Waals surface area contributed by atoms with E-state index in [1.54, 1.807) is 24.0 Å². The smallest absolute Gasteiger partial charge is 0.245 e. The highest BCUT2D eigenvalue weighted by Gasteiger charge is 2.25. The molecule has 1 aliphatic rings. The summed E-state index contributed by atoms with van der Waals surface area (Å²) in [7, 11) is 0. The van der Waals surface area contributed by atoms with Crippen LogP contribution in [0.5, 0.6) is 0 Å². The Morgan fingerprint density at radius 1 is 1.33 bits per heavy atom. The summed E-state index contributed by atoms with van der Waals surface area (Å²) < 4.78 is 13.2. The Balaban J connectivity index is 2.11. The van der Waals surface area contributed by atoms with Crippen molar-refractivity contribution < 1.29 is 9.18 Å². The van der Waals surface area contributed by atoms with E-state index in [1.165, 1.54) is 12.5 Å². The number of hydrogen-bond donors (Lipinski definition) is 0. The molecule has 4 heteroatoms. The van der Waals surface area contributed by atoms with Crippen molar-refractivity contribution in [3.05, 3.63) is 35.1 Å². The van der Waals surface area contributed by atoms with E-state index in [0.29, 0.717) is 11.1 Å². The molecule has 1 unspecified atom stereocenters. The highest BCUT2D eigenvalue weighted by Crippen LogP contribution is 2.26. The molecule has 0 spiro atoms. The van der Waals surface area contributed by atoms with Crippen molar-refractivity contribution in [1.82, 2.24) is 4.90 Å². The Bertz CT molecular complexity index is 443. The van der Waals surface area contributed by atoms with E-state index >= 15 is 0 Å². The third-order valence-corrected chi connectivity index (χ3v) is 3.80. The second kappa shape index (κ2) is 5.70. The lowest BCUT2D eigenvalue weighted by Gasteiger charge is -2.28. The standard InChI is InChI=1S/C14H17ClFNO/c1-10-9-11(5-6-12(10)16)13(15)14(18)17-7-3-2-4-8-17/h5-6,9,13H,2-4,7-8H2,1H3. The van der Waals surface area contributed by atoms with Gasteiger partial charge in [-0.05, 0) is 43.4 Å². The van der Waals surface area contributed by atoms with E-state index in [-0.39, 0.29) is 11.7 Å². The number of rotatable bonds is 2. The predicted molar refractivity (Wildman–Crippen MR) is 70.2 cm³/mol. The number of nitrogens with zero attached hydrogens (tertiary/aromatic N) is 1. The lowest BCUT2D eigenvalue weighted by atomic mass is 10.1. The van der Waals surface area contributed by atoms with Gasteiger partial charge in [-0.3, -0.25) is 4.79 Å². The van der Waals surface area contributed by atoms with Crippen molar-refractivity contribution in [3.8, 4) is 0 Å². The van der Waals surface area contributed by atoms with Crippen molar-refractivity contribution >= 4 is 17.5 Å². The van der Waals surface area contributed by atoms with Crippen LogP contribution in [-0.4, -0.2) is 23.9 Å². The van der Waals surface area contributed by atoms with Crippen molar-refractivity contribution in [2.45, 2.75) is 31.6 Å². The van der Waals surface area contributed by atoms with Crippen LogP contribution in [0.2, 0.25) is 0 Å². The van der Waals surface area contributed by atoms with Gasteiger partial charge < -0.3 is 4.90 Å². The molecule has 1 aromatic carbocycles. The number of alkyl halides is 1. The maximum atomic E-state index is 13.2. The Morgan fingerprint density at radius 3 is 2.61 bits per heavy atom. The second-order valence-electron chi connectivity index (χ2n) is 4.76. The normalized spacial score (nSPS) is 17.6. The van der Waals surface area contributed by atoms with Crippen molar-refractivity contribution in [2.75, 3.05) is 13.1 Å². The first-order chi connectivity index (χ1) is 8.59. The molecule has 0 bridgehead atoms. The van der Waals surface area contributed by atoms with Gasteiger partial charge in [0.15, 0.2) is 0 Å². The quantitative estimate of drug-likeness (QED) is 0.754. The molecule has 0 radical (unpaired) electrons. The van der Waals surface area contributed by atoms with Crippen LogP contribution in [0.3, 0.4) is 0 Å². The van der Waals surface area contributed by atoms with Gasteiger partial charge in [-0.2, -0.15) is 0 Å². The third-order valence-electron chi connectivity index (χ3n) is 3.36. The molecule has 0 aromatic heterocycles. The van der Waals surface area contributed by atoms with Crippen molar-refractivity contribution in [2.24, 2.45) is 0 Å². The minimum absolute atomic E-state index is 0.0672. The molecule has 1 aliphatic heterocycles. The maximum Gasteiger partial charge on any atom is 0.245 e. The van der Waals surface area contributed by atoms with Crippen molar-refractivity contribution in [1.29, 1.82) is 0 Å². The summed E-state index contributed by atoms with van der Waals surface area (Å²) in [6.45, 7) is 3.23. The molecular weight excluding hydrogens is 253 g/mol. The highest BCUT2D eigenvalue weighted by atomic mass is 35.5. The van der Waals surface area contributed by atoms with E-state index < -0.39 is 5.38 Å². The van der Waals surface area contributed by atoms with Crippen LogP contribution < -0.4 is 0 Å². The number of carbonyl (C=O) groups is 1. The summed E-state index contributed by atoms with van der Waals surface area (Å²) in [6, 6.07) is 4.60. The van der Waals surface area contributed by atoms with Gasteiger partial charge in [0.1, 0.15) is 11.2 Å². The second-order valence-corrected chi connectivity index (χ2v) is 5.19. The van der Waals surface area contributed by atoms with Crippen LogP contribution in [0.25, 0.3) is 0 Å². The fourth-order valence-electron chi connectivity index (χ4n) is 2.24. The first-order valence-corrected chi connectivity index (χ1v) is 6.72. The molecule has 0 saturated carbocycles. The molecule has 98 valence electrons. The summed E-state index contributed by atoms with van der Waals surface area (Å²) in [5, 5.41) is -0.706. The summed E-state index contributed by atoms with van der Waals surface area (Å²) in [4.78, 5) is 14.0. The van der Waals surface area contributed by atoms with E-state index in [4.69, 9.17) is 11.6 Å². The van der Waals surface area contributed by atoms with Crippen LogP contribution in [-0.2, 0) is 4.79 Å². The Labute approximate surface area is 112 Å². The Kier molecular flexibility index (Phi) is 4.23. The highest BCUT2D eigenvalue weighted by molar-refractivity contribution is 6.30. The van der Waals surface area contributed by atoms with Crippen LogP contribution >= 0.6 is 11.6 Å². The zero-order valence-corrected chi connectivity index (χ0v) is 11.2. The fraction of sp³-hybridized carbons (Fsp3) is 0.500. The maximum absolute atomic E-state index is 13.2. The van der Waals surface area contributed by atoms with E-state index in [2.05, 4.69) is 0 Å². The molecule has 0 aliphatic carbocycles. The molecule has 1 heterocycles. The first-order valence-electron chi connectivity index (χ1n) is 6.28. The van der Waals surface area contributed by atoms with Gasteiger partial charge in [0.2, 0.25) is 5.91 Å². The van der Waals surface area contributed by atoms with E-state index in [1.807, 2.05) is 0 Å². The monoisotopic (exact) mass is 269 g/mol. The lowest BCUT2D eigenvalue weighted by molar-refractivity contribution is -0.131. The molecule has 18 heavy (non-hydrogen) atoms. The van der Waals surface area contributed by atoms with Gasteiger partial charge >= 0.3 is 0 Å². The van der Waals surface area contributed by atoms with Crippen LogP contribution in [0.4, 0.5) is 4.39 Å². The molecule has 2 nitrogen and oxygen atoms in total. The largest absolute Gasteiger partial charge is 0.341 e. The molecule has 1 aromatic rings. The molecule has 1 saturated heterocycles. The summed E-state index contributed by atoms with van der Waals surface area (Å²) in [5.41, 5.74) is 1.19. The van der Waals surface area contributed by atoms with Gasteiger partial charge in [-0.15, -0.1) is 11.6 Å². The minimum atomic E-state index is -0.706. The minimum Gasteiger partial charge on any atom is -0.341 e. The zero-order valence-electron chi connectivity index (χ0n) is 10.5. The first kappa shape index (κ1) is 13.3. The van der Waals surface area contributed by atoms with Gasteiger partial charge in [-0.1, -0.05) is 12.1 Å². The topological polar surface area (TPSA) is 20.3 Å². The Hall–Kier alpha value is -1.09. The zero-order chi connectivity index (χ0) is 13.1. The molecule has 1 amide bonds. The van der Waals surface area contributed by atoms with Crippen molar-refractivity contribution in [3.63, 3.8) is 0 Å². The number of aryl methyl sites for hydroxylation is 1. The summed E-state index contributed by atoms with van der Waals surface area (Å²) in [5.74, 6) is -0.338. The fourth-order valence-corrected chi connectivity index (χ4v) is 2.52. The van der Waals surface area contributed by atoms with E-state index in [0.717, 1.165) is 25.9 Å². The summed E-state index contributed by atoms with van der Waals surface area (Å²) in [6.07, 6.45) is 3.25. The molecule has 1 fully saturated rings. The van der Waals surface area contributed by atoms with Gasteiger partial charge in [-0.25, -0.2) is 4.39 Å². The van der Waals surface area contributed by atoms with Crippen LogP contribution in [0.15, 0.2) is 18.2 Å². The van der Waals surface area contributed by atoms with Gasteiger partial charge in [0, 0.05) is 13.1 Å². The number of benzene rings is 1. The average Bonchev–Trinajstić information content (AvgIpc) is 2.41. The number of amides is 1. The van der Waals surface area contributed by atoms with E-state index in [9.17, 15) is 9.18 Å². The number of hydrogen-bond acceptors (Lipinski definition) is 1. The lowest BCUT2D eigenvalue weighted by Crippen LogP contribution is -2.37. The predicted octanol–water partition coefficient (Wildman–Crippen LogP) is 3.43. The molecule has 1 atom stereocenters. The number of piperidine rings is 1. The molecular formula is C14H17ClFNO. The number of halogens is 2. The van der Waals surface area contributed by atoms with Gasteiger partial charge in [0.05, 0.1) is 0 Å². The van der Waals surface area contributed by atoms with Gasteiger partial charge in [0.25, 0.3) is 0 Å². The Morgan fingerprint density at radius 2 is 2.00 bits per heavy atom. The molecule has 0 N–H and O–H groups in total. The summed E-state index contributed by atoms with van der Waals surface area (Å²) >= 11 is 6.20. The SMILES string of the molecule is Cc1cc(C(Cl)C(=O)N2CCCCC2)ccc1F. The van der Waals surface area contributed by atoms with Crippen LogP contribution in [0, 0.1) is 12.7 Å². The number of likely N-dealkylation sites (tertiary alicyclic amines) is 1.